The summed E-state index contributed by atoms with van der Waals surface area (Å²) in [5.74, 6) is 0.716. The highest BCUT2D eigenvalue weighted by Gasteiger charge is 2.26. The lowest BCUT2D eigenvalue weighted by atomic mass is 9.85. The highest BCUT2D eigenvalue weighted by atomic mass is 16.5. The second kappa shape index (κ2) is 6.37. The Morgan fingerprint density at radius 1 is 1.33 bits per heavy atom. The zero-order valence-corrected chi connectivity index (χ0v) is 13.3. The molecule has 0 radical (unpaired) electrons. The number of rotatable bonds is 3. The van der Waals surface area contributed by atoms with Crippen molar-refractivity contribution in [3.63, 3.8) is 0 Å². The van der Waals surface area contributed by atoms with E-state index >= 15 is 0 Å². The molecule has 4 nitrogen and oxygen atoms in total. The van der Waals surface area contributed by atoms with E-state index in [2.05, 4.69) is 13.8 Å². The monoisotopic (exact) mass is 290 g/mol. The Morgan fingerprint density at radius 2 is 2.10 bits per heavy atom. The molecule has 0 bridgehead atoms. The Kier molecular flexibility index (Phi) is 4.76. The van der Waals surface area contributed by atoms with E-state index in [1.807, 2.05) is 11.8 Å². The average molecular weight is 290 g/mol. The molecule has 1 amide bonds. The van der Waals surface area contributed by atoms with E-state index < -0.39 is 0 Å². The van der Waals surface area contributed by atoms with Crippen LogP contribution in [0.1, 0.15) is 50.4 Å². The predicted molar refractivity (Wildman–Crippen MR) is 85.6 cm³/mol. The fourth-order valence-electron chi connectivity index (χ4n) is 2.78. The summed E-state index contributed by atoms with van der Waals surface area (Å²) < 4.78 is 5.41. The fraction of sp³-hybridized carbons (Fsp3) is 0.588. The van der Waals surface area contributed by atoms with E-state index in [9.17, 15) is 4.79 Å². The second-order valence-electron chi connectivity index (χ2n) is 6.50. The summed E-state index contributed by atoms with van der Waals surface area (Å²) in [5.41, 5.74) is 7.45. The molecule has 1 aromatic carbocycles. The van der Waals surface area contributed by atoms with Crippen LogP contribution in [0, 0.1) is 5.41 Å². The van der Waals surface area contributed by atoms with E-state index in [0.717, 1.165) is 25.9 Å². The first-order chi connectivity index (χ1) is 9.93. The number of hydrogen-bond acceptors (Lipinski definition) is 3. The molecule has 0 unspecified atom stereocenters. The Hall–Kier alpha value is -1.71. The molecule has 0 spiro atoms. The number of carbonyl (C=O) groups excluding carboxylic acids is 1. The summed E-state index contributed by atoms with van der Waals surface area (Å²) in [6, 6.07) is 5.32. The van der Waals surface area contributed by atoms with E-state index in [1.54, 1.807) is 18.2 Å². The van der Waals surface area contributed by atoms with E-state index in [-0.39, 0.29) is 5.91 Å². The van der Waals surface area contributed by atoms with Crippen molar-refractivity contribution < 1.29 is 9.53 Å². The molecule has 1 heterocycles. The molecular weight excluding hydrogens is 264 g/mol. The van der Waals surface area contributed by atoms with Crippen LogP contribution < -0.4 is 10.5 Å². The second-order valence-corrected chi connectivity index (χ2v) is 6.50. The van der Waals surface area contributed by atoms with Gasteiger partial charge in [-0.15, -0.1) is 0 Å². The van der Waals surface area contributed by atoms with Crippen molar-refractivity contribution in [2.24, 2.45) is 5.41 Å². The first kappa shape index (κ1) is 15.7. The third-order valence-electron chi connectivity index (χ3n) is 4.18. The minimum absolute atomic E-state index is 0.0717. The van der Waals surface area contributed by atoms with Gasteiger partial charge in [0.05, 0.1) is 12.3 Å². The third-order valence-corrected chi connectivity index (χ3v) is 4.18. The van der Waals surface area contributed by atoms with Gasteiger partial charge in [-0.3, -0.25) is 4.79 Å². The van der Waals surface area contributed by atoms with Crippen molar-refractivity contribution >= 4 is 11.6 Å². The fourth-order valence-corrected chi connectivity index (χ4v) is 2.78. The lowest BCUT2D eigenvalue weighted by Gasteiger charge is -2.23. The van der Waals surface area contributed by atoms with Crippen molar-refractivity contribution in [3.8, 4) is 5.75 Å². The number of hydrogen-bond donors (Lipinski definition) is 1. The van der Waals surface area contributed by atoms with Crippen molar-refractivity contribution in [2.45, 2.75) is 40.0 Å². The van der Waals surface area contributed by atoms with Gasteiger partial charge in [-0.1, -0.05) is 13.8 Å². The summed E-state index contributed by atoms with van der Waals surface area (Å²) in [6.07, 6.45) is 3.28. The molecule has 1 aromatic rings. The van der Waals surface area contributed by atoms with Crippen molar-refractivity contribution in [1.82, 2.24) is 4.90 Å². The molecule has 1 fully saturated rings. The van der Waals surface area contributed by atoms with Gasteiger partial charge >= 0.3 is 0 Å². The van der Waals surface area contributed by atoms with Crippen LogP contribution >= 0.6 is 0 Å². The van der Waals surface area contributed by atoms with Crippen LogP contribution in [-0.2, 0) is 0 Å². The zero-order valence-electron chi connectivity index (χ0n) is 13.3. The van der Waals surface area contributed by atoms with Crippen LogP contribution in [0.15, 0.2) is 18.2 Å². The number of ether oxygens (including phenoxy) is 1. The molecule has 4 heteroatoms. The molecule has 0 saturated carbocycles. The molecule has 116 valence electrons. The molecule has 1 aliphatic rings. The van der Waals surface area contributed by atoms with Gasteiger partial charge in [0.25, 0.3) is 5.91 Å². The molecule has 2 N–H and O–H groups in total. The van der Waals surface area contributed by atoms with Crippen molar-refractivity contribution in [1.29, 1.82) is 0 Å². The summed E-state index contributed by atoms with van der Waals surface area (Å²) in [7, 11) is 0. The van der Waals surface area contributed by atoms with Gasteiger partial charge in [0.2, 0.25) is 0 Å². The van der Waals surface area contributed by atoms with Gasteiger partial charge in [0.15, 0.2) is 0 Å². The van der Waals surface area contributed by atoms with Gasteiger partial charge in [0.1, 0.15) is 5.75 Å². The lowest BCUT2D eigenvalue weighted by molar-refractivity contribution is 0.0757. The molecule has 1 aliphatic heterocycles. The van der Waals surface area contributed by atoms with E-state index in [4.69, 9.17) is 10.5 Å². The number of nitrogens with two attached hydrogens (primary N) is 1. The van der Waals surface area contributed by atoms with Gasteiger partial charge in [-0.25, -0.2) is 0 Å². The number of benzene rings is 1. The maximum absolute atomic E-state index is 12.6. The molecule has 1 saturated heterocycles. The number of nitrogen functional groups attached to an aromatic ring is 1. The summed E-state index contributed by atoms with van der Waals surface area (Å²) in [5, 5.41) is 0. The van der Waals surface area contributed by atoms with Gasteiger partial charge in [-0.2, -0.15) is 0 Å². The number of likely N-dealkylation sites (tertiary alicyclic amines) is 1. The third kappa shape index (κ3) is 3.90. The SMILES string of the molecule is CCOc1ccc(C(=O)N2CCCC(C)(C)CC2)cc1N. The van der Waals surface area contributed by atoms with E-state index in [0.29, 0.717) is 29.0 Å². The van der Waals surface area contributed by atoms with Crippen LogP contribution in [-0.4, -0.2) is 30.5 Å². The predicted octanol–water partition coefficient (Wildman–Crippen LogP) is 3.32. The Labute approximate surface area is 127 Å². The topological polar surface area (TPSA) is 55.6 Å². The number of nitrogens with zero attached hydrogens (tertiary/aromatic N) is 1. The minimum Gasteiger partial charge on any atom is -0.492 e. The molecular formula is C17H26N2O2. The number of carbonyl (C=O) groups is 1. The maximum Gasteiger partial charge on any atom is 0.253 e. The van der Waals surface area contributed by atoms with Crippen molar-refractivity contribution in [3.05, 3.63) is 23.8 Å². The number of amides is 1. The lowest BCUT2D eigenvalue weighted by Crippen LogP contribution is -2.32. The highest BCUT2D eigenvalue weighted by molar-refractivity contribution is 5.95. The van der Waals surface area contributed by atoms with Gasteiger partial charge in [-0.05, 0) is 49.8 Å². The van der Waals surface area contributed by atoms with Crippen LogP contribution in [0.3, 0.4) is 0 Å². The molecule has 2 rings (SSSR count). The van der Waals surface area contributed by atoms with Gasteiger partial charge in [0, 0.05) is 18.7 Å². The molecule has 21 heavy (non-hydrogen) atoms. The average Bonchev–Trinajstić information content (AvgIpc) is 2.61. The maximum atomic E-state index is 12.6. The molecule has 0 aromatic heterocycles. The Bertz CT molecular complexity index is 512. The first-order valence-electron chi connectivity index (χ1n) is 7.74. The van der Waals surface area contributed by atoms with Crippen LogP contribution in [0.2, 0.25) is 0 Å². The van der Waals surface area contributed by atoms with Crippen molar-refractivity contribution in [2.75, 3.05) is 25.4 Å². The standard InChI is InChI=1S/C17H26N2O2/c1-4-21-15-7-6-13(12-14(15)18)16(20)19-10-5-8-17(2,3)9-11-19/h6-7,12H,4-5,8-11,18H2,1-3H3. The smallest absolute Gasteiger partial charge is 0.253 e. The zero-order chi connectivity index (χ0) is 15.5. The largest absolute Gasteiger partial charge is 0.492 e. The van der Waals surface area contributed by atoms with Crippen LogP contribution in [0.5, 0.6) is 5.75 Å². The molecule has 0 atom stereocenters. The molecule has 0 aliphatic carbocycles. The normalized spacial score (nSPS) is 18.1. The Morgan fingerprint density at radius 3 is 2.76 bits per heavy atom. The first-order valence-corrected chi connectivity index (χ1v) is 7.74. The van der Waals surface area contributed by atoms with Crippen LogP contribution in [0.4, 0.5) is 5.69 Å². The Balaban J connectivity index is 2.11. The van der Waals surface area contributed by atoms with Crippen LogP contribution in [0.25, 0.3) is 0 Å². The highest BCUT2D eigenvalue weighted by Crippen LogP contribution is 2.30. The summed E-state index contributed by atoms with van der Waals surface area (Å²) in [4.78, 5) is 14.6. The summed E-state index contributed by atoms with van der Waals surface area (Å²) in [6.45, 7) is 8.68. The summed E-state index contributed by atoms with van der Waals surface area (Å²) >= 11 is 0. The minimum atomic E-state index is 0.0717. The van der Waals surface area contributed by atoms with E-state index in [1.165, 1.54) is 6.42 Å². The quantitative estimate of drug-likeness (QED) is 0.869. The number of anilines is 1. The van der Waals surface area contributed by atoms with Gasteiger partial charge < -0.3 is 15.4 Å².